The highest BCUT2D eigenvalue weighted by Crippen LogP contribution is 2.24. The number of hydrogen-bond acceptors (Lipinski definition) is 3. The number of amides is 1. The van der Waals surface area contributed by atoms with Crippen LogP contribution in [-0.4, -0.2) is 65.0 Å². The molecule has 4 rings (SSSR count). The molecular formula is C23H27N4O2+. The van der Waals surface area contributed by atoms with Crippen LogP contribution in [0.25, 0.3) is 11.3 Å². The van der Waals surface area contributed by atoms with E-state index in [0.29, 0.717) is 25.2 Å². The first-order valence-electron chi connectivity index (χ1n) is 10.1. The van der Waals surface area contributed by atoms with E-state index in [1.165, 1.54) is 4.90 Å². The number of benzene rings is 2. The van der Waals surface area contributed by atoms with Crippen LogP contribution < -0.4 is 4.90 Å². The molecule has 1 saturated heterocycles. The molecule has 1 aromatic heterocycles. The van der Waals surface area contributed by atoms with Gasteiger partial charge in [-0.25, -0.2) is 0 Å². The van der Waals surface area contributed by atoms with Gasteiger partial charge in [0.1, 0.15) is 12.2 Å². The first kappa shape index (κ1) is 19.4. The molecular weight excluding hydrogens is 364 g/mol. The molecule has 0 atom stereocenters. The third-order valence-corrected chi connectivity index (χ3v) is 5.45. The highest BCUT2D eigenvalue weighted by Gasteiger charge is 2.27. The lowest BCUT2D eigenvalue weighted by molar-refractivity contribution is -0.904. The second-order valence-corrected chi connectivity index (χ2v) is 7.46. The predicted octanol–water partition coefficient (Wildman–Crippen LogP) is 0.931. The smallest absolute Gasteiger partial charge is 0.258 e. The highest BCUT2D eigenvalue weighted by atomic mass is 16.3. The summed E-state index contributed by atoms with van der Waals surface area (Å²) in [5.41, 5.74) is 3.48. The van der Waals surface area contributed by atoms with Crippen LogP contribution in [0.2, 0.25) is 0 Å². The maximum Gasteiger partial charge on any atom is 0.258 e. The molecule has 1 aliphatic heterocycles. The van der Waals surface area contributed by atoms with Gasteiger partial charge in [-0.2, -0.15) is 5.10 Å². The molecule has 6 heteroatoms. The number of aromatic nitrogens is 2. The molecule has 0 radical (unpaired) electrons. The zero-order chi connectivity index (χ0) is 20.1. The van der Waals surface area contributed by atoms with Crippen molar-refractivity contribution in [3.05, 3.63) is 78.0 Å². The fourth-order valence-corrected chi connectivity index (χ4v) is 3.84. The van der Waals surface area contributed by atoms with Crippen LogP contribution in [0.15, 0.2) is 66.9 Å². The number of aliphatic hydroxyl groups excluding tert-OH is 1. The van der Waals surface area contributed by atoms with Gasteiger partial charge in [-0.05, 0) is 5.56 Å². The Balaban J connectivity index is 1.60. The predicted molar refractivity (Wildman–Crippen MR) is 112 cm³/mol. The van der Waals surface area contributed by atoms with Crippen LogP contribution in [0.5, 0.6) is 0 Å². The lowest BCUT2D eigenvalue weighted by atomic mass is 10.1. The summed E-state index contributed by atoms with van der Waals surface area (Å²) in [5.74, 6) is 0.0335. The maximum absolute atomic E-state index is 13.3. The summed E-state index contributed by atoms with van der Waals surface area (Å²) in [6.07, 6.45) is 1.88. The van der Waals surface area contributed by atoms with Gasteiger partial charge in [-0.3, -0.25) is 9.48 Å². The van der Waals surface area contributed by atoms with Gasteiger partial charge in [-0.1, -0.05) is 60.7 Å². The van der Waals surface area contributed by atoms with E-state index in [2.05, 4.69) is 12.1 Å². The number of carbonyl (C=O) groups is 1. The van der Waals surface area contributed by atoms with E-state index in [1.54, 1.807) is 0 Å². The second kappa shape index (κ2) is 9.03. The van der Waals surface area contributed by atoms with Crippen LogP contribution in [-0.2, 0) is 6.54 Å². The van der Waals surface area contributed by atoms with Gasteiger partial charge < -0.3 is 14.9 Å². The Morgan fingerprint density at radius 2 is 1.66 bits per heavy atom. The standard InChI is InChI=1S/C23H26N4O2/c28-16-15-25-11-13-26(14-12-25)23(29)21-18-27(17-19-7-3-1-4-8-19)24-22(21)20-9-5-2-6-10-20/h1-10,18,28H,11-17H2/p+1. The first-order valence-corrected chi connectivity index (χ1v) is 10.1. The fraction of sp³-hybridized carbons (Fsp3) is 0.304. The van der Waals surface area contributed by atoms with Gasteiger partial charge in [0.15, 0.2) is 0 Å². The average Bonchev–Trinajstić information content (AvgIpc) is 3.19. The van der Waals surface area contributed by atoms with Gasteiger partial charge in [0.05, 0.1) is 44.9 Å². The summed E-state index contributed by atoms with van der Waals surface area (Å²) in [7, 11) is 0. The van der Waals surface area contributed by atoms with Crippen molar-refractivity contribution in [1.29, 1.82) is 0 Å². The van der Waals surface area contributed by atoms with Crippen LogP contribution in [0.3, 0.4) is 0 Å². The van der Waals surface area contributed by atoms with Crippen LogP contribution in [0.4, 0.5) is 0 Å². The number of quaternary nitrogens is 1. The Labute approximate surface area is 171 Å². The normalized spacial score (nSPS) is 14.9. The summed E-state index contributed by atoms with van der Waals surface area (Å²) in [6, 6.07) is 20.0. The van der Waals surface area contributed by atoms with Crippen LogP contribution in [0.1, 0.15) is 15.9 Å². The van der Waals surface area contributed by atoms with Gasteiger partial charge in [-0.15, -0.1) is 0 Å². The number of hydrogen-bond donors (Lipinski definition) is 2. The summed E-state index contributed by atoms with van der Waals surface area (Å²) >= 11 is 0. The summed E-state index contributed by atoms with van der Waals surface area (Å²) < 4.78 is 1.86. The van der Waals surface area contributed by atoms with E-state index >= 15 is 0 Å². The minimum absolute atomic E-state index is 0.0335. The SMILES string of the molecule is O=C(c1cn(Cc2ccccc2)nc1-c1ccccc1)N1CC[NH+](CCO)CC1. The van der Waals surface area contributed by atoms with Crippen molar-refractivity contribution < 1.29 is 14.8 Å². The number of nitrogens with one attached hydrogen (secondary N) is 1. The first-order chi connectivity index (χ1) is 14.2. The van der Waals surface area contributed by atoms with Gasteiger partial charge in [0.2, 0.25) is 0 Å². The fourth-order valence-electron chi connectivity index (χ4n) is 3.84. The van der Waals surface area contributed by atoms with Crippen molar-refractivity contribution in [3.63, 3.8) is 0 Å². The Morgan fingerprint density at radius 3 is 2.31 bits per heavy atom. The molecule has 1 fully saturated rings. The molecule has 2 aromatic carbocycles. The number of piperazine rings is 1. The molecule has 1 aliphatic rings. The highest BCUT2D eigenvalue weighted by molar-refractivity contribution is 5.99. The number of aliphatic hydroxyl groups is 1. The van der Waals surface area contributed by atoms with E-state index in [0.717, 1.165) is 36.5 Å². The van der Waals surface area contributed by atoms with Gasteiger partial charge in [0, 0.05) is 11.8 Å². The zero-order valence-electron chi connectivity index (χ0n) is 16.5. The average molecular weight is 391 g/mol. The second-order valence-electron chi connectivity index (χ2n) is 7.46. The molecule has 0 saturated carbocycles. The van der Waals surface area contributed by atoms with Crippen molar-refractivity contribution in [2.24, 2.45) is 0 Å². The van der Waals surface area contributed by atoms with Crippen molar-refractivity contribution in [3.8, 4) is 11.3 Å². The number of carbonyl (C=O) groups excluding carboxylic acids is 1. The molecule has 1 amide bonds. The van der Waals surface area contributed by atoms with Crippen molar-refractivity contribution in [2.75, 3.05) is 39.3 Å². The third kappa shape index (κ3) is 4.55. The van der Waals surface area contributed by atoms with E-state index in [4.69, 9.17) is 10.2 Å². The quantitative estimate of drug-likeness (QED) is 0.657. The summed E-state index contributed by atoms with van der Waals surface area (Å²) in [5, 5.41) is 13.9. The Hall–Kier alpha value is -2.96. The largest absolute Gasteiger partial charge is 0.391 e. The lowest BCUT2D eigenvalue weighted by Gasteiger charge is -2.31. The topological polar surface area (TPSA) is 62.8 Å². The maximum atomic E-state index is 13.3. The molecule has 150 valence electrons. The number of rotatable bonds is 6. The Kier molecular flexibility index (Phi) is 6.03. The number of nitrogens with zero attached hydrogens (tertiary/aromatic N) is 3. The molecule has 2 heterocycles. The molecule has 3 aromatic rings. The zero-order valence-corrected chi connectivity index (χ0v) is 16.5. The van der Waals surface area contributed by atoms with Gasteiger partial charge >= 0.3 is 0 Å². The molecule has 29 heavy (non-hydrogen) atoms. The van der Waals surface area contributed by atoms with E-state index in [-0.39, 0.29) is 12.5 Å². The van der Waals surface area contributed by atoms with Crippen LogP contribution >= 0.6 is 0 Å². The monoisotopic (exact) mass is 391 g/mol. The van der Waals surface area contributed by atoms with Crippen LogP contribution in [0, 0.1) is 0 Å². The van der Waals surface area contributed by atoms with E-state index in [1.807, 2.05) is 64.3 Å². The van der Waals surface area contributed by atoms with Crippen molar-refractivity contribution >= 4 is 5.91 Å². The molecule has 6 nitrogen and oxygen atoms in total. The van der Waals surface area contributed by atoms with Crippen molar-refractivity contribution in [2.45, 2.75) is 6.54 Å². The Morgan fingerprint density at radius 1 is 1.00 bits per heavy atom. The molecule has 0 unspecified atom stereocenters. The van der Waals surface area contributed by atoms with E-state index < -0.39 is 0 Å². The minimum Gasteiger partial charge on any atom is -0.391 e. The summed E-state index contributed by atoms with van der Waals surface area (Å²) in [4.78, 5) is 16.6. The third-order valence-electron chi connectivity index (χ3n) is 5.45. The van der Waals surface area contributed by atoms with Crippen molar-refractivity contribution in [1.82, 2.24) is 14.7 Å². The van der Waals surface area contributed by atoms with Gasteiger partial charge in [0.25, 0.3) is 5.91 Å². The summed E-state index contributed by atoms with van der Waals surface area (Å²) in [6.45, 7) is 4.69. The molecule has 0 bridgehead atoms. The Bertz CT molecular complexity index is 932. The molecule has 0 aliphatic carbocycles. The van der Waals surface area contributed by atoms with E-state index in [9.17, 15) is 4.79 Å². The lowest BCUT2D eigenvalue weighted by Crippen LogP contribution is -3.15. The molecule has 0 spiro atoms. The minimum atomic E-state index is 0.0335. The molecule has 2 N–H and O–H groups in total.